The molecule has 0 aliphatic rings. The van der Waals surface area contributed by atoms with Crippen molar-refractivity contribution in [3.63, 3.8) is 0 Å². The fraction of sp³-hybridized carbons (Fsp3) is 0.524. The van der Waals surface area contributed by atoms with Crippen molar-refractivity contribution >= 4 is 23.6 Å². The number of amides is 2. The van der Waals surface area contributed by atoms with Crippen molar-refractivity contribution in [1.29, 1.82) is 0 Å². The molecule has 1 aromatic carbocycles. The second kappa shape index (κ2) is 9.91. The highest BCUT2D eigenvalue weighted by molar-refractivity contribution is 7.99. The Balaban J connectivity index is 2.05. The van der Waals surface area contributed by atoms with E-state index in [0.717, 1.165) is 17.0 Å². The van der Waals surface area contributed by atoms with Gasteiger partial charge in [-0.05, 0) is 47.6 Å². The first kappa shape index (κ1) is 22.9. The number of aromatic nitrogens is 3. The number of aryl methyl sites for hydroxylation is 1. The van der Waals surface area contributed by atoms with Crippen LogP contribution in [0.3, 0.4) is 0 Å². The van der Waals surface area contributed by atoms with Crippen molar-refractivity contribution in [2.75, 3.05) is 18.8 Å². The zero-order chi connectivity index (χ0) is 21.6. The van der Waals surface area contributed by atoms with E-state index in [-0.39, 0.29) is 29.7 Å². The van der Waals surface area contributed by atoms with Crippen LogP contribution >= 0.6 is 11.8 Å². The normalized spacial score (nSPS) is 11.4. The van der Waals surface area contributed by atoms with Gasteiger partial charge in [0.15, 0.2) is 11.0 Å². The minimum atomic E-state index is -0.321. The first-order chi connectivity index (χ1) is 13.6. The molecule has 2 amide bonds. The third kappa shape index (κ3) is 6.59. The van der Waals surface area contributed by atoms with Crippen molar-refractivity contribution < 1.29 is 9.59 Å². The molecule has 0 bridgehead atoms. The molecule has 2 rings (SSSR count). The molecule has 29 heavy (non-hydrogen) atoms. The van der Waals surface area contributed by atoms with Gasteiger partial charge in [0.1, 0.15) is 0 Å². The van der Waals surface area contributed by atoms with Gasteiger partial charge in [-0.15, -0.1) is 10.2 Å². The zero-order valence-corrected chi connectivity index (χ0v) is 19.0. The molecule has 0 aliphatic heterocycles. The van der Waals surface area contributed by atoms with Crippen LogP contribution in [-0.4, -0.2) is 55.9 Å². The molecule has 8 heteroatoms. The van der Waals surface area contributed by atoms with Crippen molar-refractivity contribution in [3.05, 3.63) is 29.8 Å². The van der Waals surface area contributed by atoms with E-state index in [1.165, 1.54) is 11.8 Å². The van der Waals surface area contributed by atoms with Gasteiger partial charge in [-0.1, -0.05) is 35.5 Å². The summed E-state index contributed by atoms with van der Waals surface area (Å²) in [4.78, 5) is 26.4. The van der Waals surface area contributed by atoms with Gasteiger partial charge in [0.2, 0.25) is 11.8 Å². The summed E-state index contributed by atoms with van der Waals surface area (Å²) in [5.41, 5.74) is 1.84. The molecule has 2 aromatic rings. The minimum absolute atomic E-state index is 0.0577. The molecule has 0 radical (unpaired) electrons. The monoisotopic (exact) mass is 417 g/mol. The van der Waals surface area contributed by atoms with E-state index in [9.17, 15) is 9.59 Å². The summed E-state index contributed by atoms with van der Waals surface area (Å²) in [6, 6.07) is 8.12. The minimum Gasteiger partial charge on any atom is -0.350 e. The number of rotatable bonds is 8. The Labute approximate surface area is 177 Å². The Hall–Kier alpha value is -2.35. The highest BCUT2D eigenvalue weighted by atomic mass is 32.2. The summed E-state index contributed by atoms with van der Waals surface area (Å²) < 4.78 is 2.01. The predicted octanol–water partition coefficient (Wildman–Crippen LogP) is 3.13. The molecule has 7 nitrogen and oxygen atoms in total. The quantitative estimate of drug-likeness (QED) is 0.668. The van der Waals surface area contributed by atoms with Crippen LogP contribution in [0.5, 0.6) is 0 Å². The van der Waals surface area contributed by atoms with E-state index >= 15 is 0 Å². The summed E-state index contributed by atoms with van der Waals surface area (Å²) in [5, 5.41) is 12.2. The largest absolute Gasteiger partial charge is 0.350 e. The van der Waals surface area contributed by atoms with E-state index in [2.05, 4.69) is 21.6 Å². The van der Waals surface area contributed by atoms with Gasteiger partial charge >= 0.3 is 0 Å². The highest BCUT2D eigenvalue weighted by Crippen LogP contribution is 2.24. The van der Waals surface area contributed by atoms with E-state index in [1.54, 1.807) is 4.90 Å². The van der Waals surface area contributed by atoms with Crippen LogP contribution in [0.4, 0.5) is 0 Å². The second-order valence-electron chi connectivity index (χ2n) is 7.91. The van der Waals surface area contributed by atoms with Crippen molar-refractivity contribution in [2.24, 2.45) is 0 Å². The van der Waals surface area contributed by atoms with E-state index in [4.69, 9.17) is 0 Å². The molecule has 1 aromatic heterocycles. The van der Waals surface area contributed by atoms with E-state index in [1.807, 2.05) is 64.3 Å². The van der Waals surface area contributed by atoms with Gasteiger partial charge < -0.3 is 14.8 Å². The SMILES string of the molecule is CCN(CC(=O)NC(C)(C)C)C(=O)CSc1nnc(-c2cccc(C)c2)n1CC. The lowest BCUT2D eigenvalue weighted by Crippen LogP contribution is -2.47. The fourth-order valence-electron chi connectivity index (χ4n) is 2.90. The molecule has 0 atom stereocenters. The van der Waals surface area contributed by atoms with E-state index < -0.39 is 0 Å². The van der Waals surface area contributed by atoms with Crippen LogP contribution in [0.2, 0.25) is 0 Å². The number of carbonyl (C=O) groups excluding carboxylic acids is 2. The molecule has 1 N–H and O–H groups in total. The van der Waals surface area contributed by atoms with Gasteiger partial charge in [0.25, 0.3) is 0 Å². The average molecular weight is 418 g/mol. The Morgan fingerprint density at radius 3 is 2.52 bits per heavy atom. The number of hydrogen-bond donors (Lipinski definition) is 1. The van der Waals surface area contributed by atoms with Gasteiger partial charge in [-0.25, -0.2) is 0 Å². The van der Waals surface area contributed by atoms with Gasteiger partial charge in [0.05, 0.1) is 12.3 Å². The molecule has 0 spiro atoms. The number of nitrogens with zero attached hydrogens (tertiary/aromatic N) is 4. The molecule has 0 unspecified atom stereocenters. The van der Waals surface area contributed by atoms with Crippen LogP contribution in [0.25, 0.3) is 11.4 Å². The van der Waals surface area contributed by atoms with Gasteiger partial charge in [-0.2, -0.15) is 0 Å². The molecule has 158 valence electrons. The molecule has 0 saturated heterocycles. The Morgan fingerprint density at radius 2 is 1.93 bits per heavy atom. The maximum atomic E-state index is 12.6. The number of thioether (sulfide) groups is 1. The summed E-state index contributed by atoms with van der Waals surface area (Å²) in [6.07, 6.45) is 0. The first-order valence-electron chi connectivity index (χ1n) is 9.86. The van der Waals surface area contributed by atoms with Crippen LogP contribution in [0, 0.1) is 6.92 Å². The third-order valence-electron chi connectivity index (χ3n) is 4.22. The summed E-state index contributed by atoms with van der Waals surface area (Å²) in [6.45, 7) is 12.9. The topological polar surface area (TPSA) is 80.1 Å². The van der Waals surface area contributed by atoms with Gasteiger partial charge in [0, 0.05) is 24.2 Å². The molecule has 0 fully saturated rings. The smallest absolute Gasteiger partial charge is 0.240 e. The molecular formula is C21H31N5O2S. The van der Waals surface area contributed by atoms with Crippen LogP contribution < -0.4 is 5.32 Å². The van der Waals surface area contributed by atoms with Crippen LogP contribution in [-0.2, 0) is 16.1 Å². The summed E-state index contributed by atoms with van der Waals surface area (Å²) in [5.74, 6) is 0.756. The third-order valence-corrected chi connectivity index (χ3v) is 5.17. The van der Waals surface area contributed by atoms with Crippen LogP contribution in [0.1, 0.15) is 40.2 Å². The number of likely N-dealkylation sites (N-methyl/N-ethyl adjacent to an activating group) is 1. The van der Waals surface area contributed by atoms with Gasteiger partial charge in [-0.3, -0.25) is 9.59 Å². The Bertz CT molecular complexity index is 857. The molecule has 1 heterocycles. The summed E-state index contributed by atoms with van der Waals surface area (Å²) >= 11 is 1.35. The van der Waals surface area contributed by atoms with Crippen molar-refractivity contribution in [2.45, 2.75) is 58.8 Å². The highest BCUT2D eigenvalue weighted by Gasteiger charge is 2.21. The number of carbonyl (C=O) groups is 2. The van der Waals surface area contributed by atoms with Crippen molar-refractivity contribution in [3.8, 4) is 11.4 Å². The summed E-state index contributed by atoms with van der Waals surface area (Å²) in [7, 11) is 0. The average Bonchev–Trinajstić information content (AvgIpc) is 3.05. The lowest BCUT2D eigenvalue weighted by Gasteiger charge is -2.25. The number of benzene rings is 1. The van der Waals surface area contributed by atoms with E-state index in [0.29, 0.717) is 18.2 Å². The predicted molar refractivity (Wildman–Crippen MR) is 117 cm³/mol. The van der Waals surface area contributed by atoms with Crippen LogP contribution in [0.15, 0.2) is 29.4 Å². The standard InChI is InChI=1S/C21H31N5O2S/c1-7-25(13-17(27)22-21(4,5)6)18(28)14-29-20-24-23-19(26(20)8-2)16-11-9-10-15(3)12-16/h9-12H,7-8,13-14H2,1-6H3,(H,22,27). The Morgan fingerprint density at radius 1 is 1.21 bits per heavy atom. The maximum absolute atomic E-state index is 12.6. The number of nitrogens with one attached hydrogen (secondary N) is 1. The lowest BCUT2D eigenvalue weighted by atomic mass is 10.1. The zero-order valence-electron chi connectivity index (χ0n) is 18.2. The first-order valence-corrected chi connectivity index (χ1v) is 10.8. The molecule has 0 aliphatic carbocycles. The van der Waals surface area contributed by atoms with Crippen molar-refractivity contribution in [1.82, 2.24) is 25.0 Å². The molecular weight excluding hydrogens is 386 g/mol. The molecule has 0 saturated carbocycles. The fourth-order valence-corrected chi connectivity index (χ4v) is 3.81. The Kier molecular flexibility index (Phi) is 7.84. The number of hydrogen-bond acceptors (Lipinski definition) is 5. The maximum Gasteiger partial charge on any atom is 0.240 e. The lowest BCUT2D eigenvalue weighted by molar-refractivity contribution is -0.134. The second-order valence-corrected chi connectivity index (χ2v) is 8.86.